The predicted octanol–water partition coefficient (Wildman–Crippen LogP) is 4.15. The van der Waals surface area contributed by atoms with Crippen molar-refractivity contribution >= 4 is 34.4 Å². The lowest BCUT2D eigenvalue weighted by atomic mass is 9.86. The Morgan fingerprint density at radius 3 is 2.52 bits per heavy atom. The fourth-order valence-electron chi connectivity index (χ4n) is 4.42. The van der Waals surface area contributed by atoms with Crippen LogP contribution < -0.4 is 10.5 Å². The summed E-state index contributed by atoms with van der Waals surface area (Å²) >= 11 is 6.48. The van der Waals surface area contributed by atoms with Gasteiger partial charge in [0.25, 0.3) is 5.56 Å². The maximum Gasteiger partial charge on any atom is 0.262 e. The fourth-order valence-corrected chi connectivity index (χ4v) is 4.65. The Bertz CT molecular complexity index is 1180. The molecule has 5 rings (SSSR count). The van der Waals surface area contributed by atoms with E-state index in [1.165, 1.54) is 6.42 Å². The number of nitrogens with one attached hydrogen (secondary N) is 1. The van der Waals surface area contributed by atoms with Crippen molar-refractivity contribution in [2.75, 3.05) is 18.0 Å². The number of hydrogen-bond acceptors (Lipinski definition) is 5. The number of nitrogens with zero attached hydrogens (tertiary/aromatic N) is 3. The number of halogens is 1. The number of benzene rings is 1. The molecule has 0 atom stereocenters. The van der Waals surface area contributed by atoms with Crippen LogP contribution in [0, 0.1) is 0 Å². The van der Waals surface area contributed by atoms with Gasteiger partial charge in [0, 0.05) is 41.2 Å². The monoisotopic (exact) mass is 408 g/mol. The van der Waals surface area contributed by atoms with E-state index in [1.54, 1.807) is 6.07 Å². The molecule has 148 valence electrons. The summed E-state index contributed by atoms with van der Waals surface area (Å²) in [5.41, 5.74) is 2.59. The number of hydrogen-bond donors (Lipinski definition) is 1. The zero-order chi connectivity index (χ0) is 20.0. The first kappa shape index (κ1) is 18.3. The van der Waals surface area contributed by atoms with Gasteiger partial charge in [0.2, 0.25) is 5.95 Å². The van der Waals surface area contributed by atoms with E-state index in [-0.39, 0.29) is 11.3 Å². The van der Waals surface area contributed by atoms with Gasteiger partial charge in [-0.25, -0.2) is 4.98 Å². The molecule has 2 aliphatic rings. The van der Waals surface area contributed by atoms with E-state index in [2.05, 4.69) is 14.9 Å². The number of fused-ring (bicyclic) bond motifs is 2. The zero-order valence-electron chi connectivity index (χ0n) is 16.0. The topological polar surface area (TPSA) is 79.0 Å². The molecule has 1 aromatic carbocycles. The summed E-state index contributed by atoms with van der Waals surface area (Å²) in [7, 11) is 0. The van der Waals surface area contributed by atoms with Crippen LogP contribution in [0.1, 0.15) is 48.2 Å². The van der Waals surface area contributed by atoms with E-state index in [0.29, 0.717) is 57.2 Å². The minimum Gasteiger partial charge on any atom is -0.342 e. The van der Waals surface area contributed by atoms with E-state index >= 15 is 0 Å². The molecule has 3 aromatic rings. The molecule has 0 amide bonds. The van der Waals surface area contributed by atoms with Crippen LogP contribution in [-0.2, 0) is 6.42 Å². The third-order valence-electron chi connectivity index (χ3n) is 5.81. The van der Waals surface area contributed by atoms with Crippen molar-refractivity contribution in [3.8, 4) is 11.1 Å². The highest BCUT2D eigenvalue weighted by Gasteiger charge is 2.28. The normalized spacial score (nSPS) is 16.9. The number of aromatic nitrogens is 3. The second-order valence-electron chi connectivity index (χ2n) is 7.70. The zero-order valence-corrected chi connectivity index (χ0v) is 16.8. The smallest absolute Gasteiger partial charge is 0.262 e. The van der Waals surface area contributed by atoms with Crippen molar-refractivity contribution in [3.05, 3.63) is 50.9 Å². The molecule has 0 bridgehead atoms. The quantitative estimate of drug-likeness (QED) is 0.689. The number of anilines is 1. The first-order valence-corrected chi connectivity index (χ1v) is 10.5. The molecule has 7 heteroatoms. The predicted molar refractivity (Wildman–Crippen MR) is 114 cm³/mol. The first-order chi connectivity index (χ1) is 14.1. The van der Waals surface area contributed by atoms with Gasteiger partial charge in [0.1, 0.15) is 0 Å². The third kappa shape index (κ3) is 3.12. The summed E-state index contributed by atoms with van der Waals surface area (Å²) in [5.74, 6) is 0.567. The van der Waals surface area contributed by atoms with Crippen molar-refractivity contribution in [1.29, 1.82) is 0 Å². The summed E-state index contributed by atoms with van der Waals surface area (Å²) in [4.78, 5) is 40.5. The van der Waals surface area contributed by atoms with Gasteiger partial charge in [-0.3, -0.25) is 14.6 Å². The summed E-state index contributed by atoms with van der Waals surface area (Å²) in [6.45, 7) is 1.74. The standard InChI is InChI=1S/C22H21ClN4O2/c23-14-8-3-2-7-13(14)17-18-15(9-6-10-16(18)28)24-20-19(17)21(29)26-22(25-20)27-11-4-1-5-12-27/h2-3,7-8H,1,4-6,9-12H2,(H,24,25,26,29). The molecule has 2 aromatic heterocycles. The van der Waals surface area contributed by atoms with Crippen molar-refractivity contribution in [1.82, 2.24) is 15.0 Å². The highest BCUT2D eigenvalue weighted by molar-refractivity contribution is 6.34. The van der Waals surface area contributed by atoms with E-state index in [4.69, 9.17) is 16.6 Å². The molecule has 3 heterocycles. The number of carbonyl (C=O) groups is 1. The third-order valence-corrected chi connectivity index (χ3v) is 6.14. The van der Waals surface area contributed by atoms with Crippen molar-refractivity contribution in [2.24, 2.45) is 0 Å². The summed E-state index contributed by atoms with van der Waals surface area (Å²) in [6, 6.07) is 7.31. The number of rotatable bonds is 2. The molecule has 0 unspecified atom stereocenters. The van der Waals surface area contributed by atoms with E-state index in [9.17, 15) is 9.59 Å². The number of aromatic amines is 1. The lowest BCUT2D eigenvalue weighted by Crippen LogP contribution is -2.33. The van der Waals surface area contributed by atoms with Crippen LogP contribution in [0.3, 0.4) is 0 Å². The minimum absolute atomic E-state index is 0.00933. The van der Waals surface area contributed by atoms with Gasteiger partial charge < -0.3 is 4.90 Å². The Hall–Kier alpha value is -2.73. The Kier molecular flexibility index (Phi) is 4.59. The Labute approximate surface area is 172 Å². The molecule has 0 radical (unpaired) electrons. The van der Waals surface area contributed by atoms with Crippen LogP contribution >= 0.6 is 11.6 Å². The number of aryl methyl sites for hydroxylation is 1. The molecule has 6 nitrogen and oxygen atoms in total. The molecule has 1 saturated heterocycles. The Morgan fingerprint density at radius 2 is 1.72 bits per heavy atom. The number of pyridine rings is 1. The number of ketones is 1. The highest BCUT2D eigenvalue weighted by atomic mass is 35.5. The maximum absolute atomic E-state index is 13.2. The van der Waals surface area contributed by atoms with Gasteiger partial charge >= 0.3 is 0 Å². The number of Topliss-reactive ketones (excluding diaryl/α,β-unsaturated/α-hetero) is 1. The van der Waals surface area contributed by atoms with Crippen LogP contribution in [-0.4, -0.2) is 33.8 Å². The average Bonchev–Trinajstić information content (AvgIpc) is 2.73. The van der Waals surface area contributed by atoms with E-state index < -0.39 is 0 Å². The molecule has 0 saturated carbocycles. The second kappa shape index (κ2) is 7.26. The largest absolute Gasteiger partial charge is 0.342 e. The molecule has 1 aliphatic carbocycles. The molecule has 0 spiro atoms. The number of carbonyl (C=O) groups excluding carboxylic acids is 1. The second-order valence-corrected chi connectivity index (χ2v) is 8.11. The van der Waals surface area contributed by atoms with Crippen LogP contribution in [0.2, 0.25) is 5.02 Å². The van der Waals surface area contributed by atoms with Gasteiger partial charge in [-0.05, 0) is 38.2 Å². The number of H-pyrrole nitrogens is 1. The van der Waals surface area contributed by atoms with Crippen LogP contribution in [0.4, 0.5) is 5.95 Å². The first-order valence-electron chi connectivity index (χ1n) is 10.1. The van der Waals surface area contributed by atoms with Gasteiger partial charge in [-0.15, -0.1) is 0 Å². The van der Waals surface area contributed by atoms with Crippen LogP contribution in [0.25, 0.3) is 22.2 Å². The van der Waals surface area contributed by atoms with Gasteiger partial charge in [-0.1, -0.05) is 29.8 Å². The molecular formula is C22H21ClN4O2. The molecular weight excluding hydrogens is 388 g/mol. The SMILES string of the molecule is O=C1CCCc2nc3nc(N4CCCCC4)[nH]c(=O)c3c(-c3ccccc3Cl)c21. The lowest BCUT2D eigenvalue weighted by Gasteiger charge is -2.27. The van der Waals surface area contributed by atoms with Gasteiger partial charge in [0.15, 0.2) is 11.4 Å². The molecule has 1 fully saturated rings. The Morgan fingerprint density at radius 1 is 0.931 bits per heavy atom. The van der Waals surface area contributed by atoms with Crippen molar-refractivity contribution < 1.29 is 4.79 Å². The fraction of sp³-hybridized carbons (Fsp3) is 0.364. The van der Waals surface area contributed by atoms with Gasteiger partial charge in [-0.2, -0.15) is 4.98 Å². The number of piperidine rings is 1. The maximum atomic E-state index is 13.2. The van der Waals surface area contributed by atoms with E-state index in [1.807, 2.05) is 18.2 Å². The van der Waals surface area contributed by atoms with Gasteiger partial charge in [0.05, 0.1) is 11.1 Å². The highest BCUT2D eigenvalue weighted by Crippen LogP contribution is 2.38. The van der Waals surface area contributed by atoms with Crippen molar-refractivity contribution in [2.45, 2.75) is 38.5 Å². The average molecular weight is 409 g/mol. The van der Waals surface area contributed by atoms with Crippen LogP contribution in [0.5, 0.6) is 0 Å². The molecule has 1 aliphatic heterocycles. The summed E-state index contributed by atoms with van der Waals surface area (Å²) in [5, 5.41) is 0.841. The van der Waals surface area contributed by atoms with Crippen LogP contribution in [0.15, 0.2) is 29.1 Å². The molecule has 1 N–H and O–H groups in total. The summed E-state index contributed by atoms with van der Waals surface area (Å²) in [6.07, 6.45) is 5.27. The lowest BCUT2D eigenvalue weighted by molar-refractivity contribution is 0.0972. The molecule has 29 heavy (non-hydrogen) atoms. The summed E-state index contributed by atoms with van der Waals surface area (Å²) < 4.78 is 0. The minimum atomic E-state index is -0.279. The van der Waals surface area contributed by atoms with Crippen molar-refractivity contribution in [3.63, 3.8) is 0 Å². The Balaban J connectivity index is 1.83. The van der Waals surface area contributed by atoms with E-state index in [0.717, 1.165) is 32.4 Å².